The first-order chi connectivity index (χ1) is 9.80. The van der Waals surface area contributed by atoms with Gasteiger partial charge in [-0.2, -0.15) is 0 Å². The lowest BCUT2D eigenvalue weighted by Gasteiger charge is -2.25. The Balaban J connectivity index is 2.41. The van der Waals surface area contributed by atoms with E-state index in [-0.39, 0.29) is 19.1 Å². The molecule has 0 fully saturated rings. The van der Waals surface area contributed by atoms with E-state index >= 15 is 0 Å². The maximum absolute atomic E-state index is 12.1. The van der Waals surface area contributed by atoms with Gasteiger partial charge in [0.05, 0.1) is 12.0 Å². The van der Waals surface area contributed by atoms with Crippen molar-refractivity contribution in [2.75, 3.05) is 26.3 Å². The van der Waals surface area contributed by atoms with E-state index in [1.54, 1.807) is 18.7 Å². The fourth-order valence-corrected chi connectivity index (χ4v) is 1.85. The second kappa shape index (κ2) is 7.24. The van der Waals surface area contributed by atoms with Crippen molar-refractivity contribution in [2.24, 2.45) is 5.41 Å². The van der Waals surface area contributed by atoms with Crippen molar-refractivity contribution in [1.29, 1.82) is 0 Å². The highest BCUT2D eigenvalue weighted by molar-refractivity contribution is 5.95. The van der Waals surface area contributed by atoms with Crippen LogP contribution in [0.4, 0.5) is 0 Å². The van der Waals surface area contributed by atoms with Gasteiger partial charge in [-0.3, -0.25) is 14.4 Å². The van der Waals surface area contributed by atoms with Crippen LogP contribution in [0.3, 0.4) is 0 Å². The van der Waals surface area contributed by atoms with E-state index < -0.39 is 17.4 Å². The number of carbonyl (C=O) groups is 3. The zero-order valence-corrected chi connectivity index (χ0v) is 13.1. The average Bonchev–Trinajstić information content (AvgIpc) is 2.76. The van der Waals surface area contributed by atoms with Crippen molar-refractivity contribution >= 4 is 17.8 Å². The predicted octanol–water partition coefficient (Wildman–Crippen LogP) is 1.30. The second-order valence-corrected chi connectivity index (χ2v) is 5.47. The lowest BCUT2D eigenvalue weighted by Crippen LogP contribution is -2.37. The Kier molecular flexibility index (Phi) is 5.93. The first-order valence-corrected chi connectivity index (χ1v) is 7.07. The molecule has 0 aromatic heterocycles. The van der Waals surface area contributed by atoms with Crippen LogP contribution in [-0.4, -0.2) is 49.0 Å². The van der Waals surface area contributed by atoms with Gasteiger partial charge in [0, 0.05) is 19.0 Å². The molecule has 1 rings (SSSR count). The molecule has 1 heterocycles. The fraction of sp³-hybridized carbons (Fsp3) is 0.667. The van der Waals surface area contributed by atoms with Crippen LogP contribution in [0.5, 0.6) is 0 Å². The van der Waals surface area contributed by atoms with Crippen LogP contribution in [0, 0.1) is 5.41 Å². The van der Waals surface area contributed by atoms with Crippen molar-refractivity contribution in [3.63, 3.8) is 0 Å². The molecule has 0 bridgehead atoms. The zero-order valence-electron chi connectivity index (χ0n) is 13.1. The van der Waals surface area contributed by atoms with E-state index in [4.69, 9.17) is 9.47 Å². The minimum atomic E-state index is -0.852. The molecule has 0 N–H and O–H groups in total. The highest BCUT2D eigenvalue weighted by atomic mass is 16.6. The second-order valence-electron chi connectivity index (χ2n) is 5.47. The van der Waals surface area contributed by atoms with Gasteiger partial charge in [0.1, 0.15) is 13.2 Å². The van der Waals surface area contributed by atoms with Crippen molar-refractivity contribution in [3.05, 3.63) is 11.6 Å². The minimum absolute atomic E-state index is 0.000967. The van der Waals surface area contributed by atoms with E-state index in [9.17, 15) is 14.4 Å². The molecular formula is C15H23NO5. The Bertz CT molecular complexity index is 457. The van der Waals surface area contributed by atoms with E-state index in [0.717, 1.165) is 5.57 Å². The summed E-state index contributed by atoms with van der Waals surface area (Å²) in [5, 5.41) is 0. The first-order valence-electron chi connectivity index (χ1n) is 7.07. The van der Waals surface area contributed by atoms with Gasteiger partial charge in [0.15, 0.2) is 0 Å². The number of hydrogen-bond donors (Lipinski definition) is 0. The Morgan fingerprint density at radius 3 is 2.52 bits per heavy atom. The number of hydrogen-bond acceptors (Lipinski definition) is 5. The largest absolute Gasteiger partial charge is 0.465 e. The summed E-state index contributed by atoms with van der Waals surface area (Å²) in [6.45, 7) is 7.67. The van der Waals surface area contributed by atoms with Crippen molar-refractivity contribution in [2.45, 2.75) is 34.1 Å². The first kappa shape index (κ1) is 17.2. The third-order valence-corrected chi connectivity index (χ3v) is 3.70. The molecule has 0 saturated heterocycles. The van der Waals surface area contributed by atoms with E-state index in [0.29, 0.717) is 19.5 Å². The molecule has 1 aliphatic rings. The smallest absolute Gasteiger partial charge is 0.315 e. The van der Waals surface area contributed by atoms with Gasteiger partial charge >= 0.3 is 11.9 Å². The summed E-state index contributed by atoms with van der Waals surface area (Å²) in [6, 6.07) is 0. The van der Waals surface area contributed by atoms with Crippen LogP contribution in [0.2, 0.25) is 0 Å². The monoisotopic (exact) mass is 297 g/mol. The molecular weight excluding hydrogens is 274 g/mol. The summed E-state index contributed by atoms with van der Waals surface area (Å²) in [6.07, 6.45) is 2.35. The molecule has 0 aromatic carbocycles. The number of ether oxygens (including phenoxy) is 2. The molecule has 6 nitrogen and oxygen atoms in total. The van der Waals surface area contributed by atoms with Crippen LogP contribution in [0.1, 0.15) is 34.1 Å². The summed E-state index contributed by atoms with van der Waals surface area (Å²) in [5.41, 5.74) is -0.135. The van der Waals surface area contributed by atoms with Gasteiger partial charge in [-0.05, 0) is 20.3 Å². The topological polar surface area (TPSA) is 72.9 Å². The lowest BCUT2D eigenvalue weighted by atomic mass is 9.89. The zero-order chi connectivity index (χ0) is 16.0. The number of nitrogens with zero attached hydrogens (tertiary/aromatic N) is 1. The van der Waals surface area contributed by atoms with Crippen molar-refractivity contribution < 1.29 is 23.9 Å². The van der Waals surface area contributed by atoms with Gasteiger partial charge in [0.25, 0.3) is 0 Å². The van der Waals surface area contributed by atoms with Gasteiger partial charge < -0.3 is 14.4 Å². The van der Waals surface area contributed by atoms with Gasteiger partial charge in [-0.1, -0.05) is 13.0 Å². The molecule has 21 heavy (non-hydrogen) atoms. The van der Waals surface area contributed by atoms with Gasteiger partial charge in [0.2, 0.25) is 5.91 Å². The molecule has 0 aliphatic carbocycles. The number of rotatable bonds is 7. The van der Waals surface area contributed by atoms with E-state index in [1.165, 1.54) is 6.92 Å². The highest BCUT2D eigenvalue weighted by Gasteiger charge is 2.34. The highest BCUT2D eigenvalue weighted by Crippen LogP contribution is 2.23. The minimum Gasteiger partial charge on any atom is -0.465 e. The molecule has 0 radical (unpaired) electrons. The molecule has 1 aliphatic heterocycles. The third-order valence-electron chi connectivity index (χ3n) is 3.70. The number of amides is 1. The maximum atomic E-state index is 12.1. The maximum Gasteiger partial charge on any atom is 0.315 e. The van der Waals surface area contributed by atoms with Crippen molar-refractivity contribution in [3.8, 4) is 0 Å². The van der Waals surface area contributed by atoms with Crippen LogP contribution < -0.4 is 0 Å². The van der Waals surface area contributed by atoms with Crippen molar-refractivity contribution in [1.82, 2.24) is 4.90 Å². The molecule has 6 heteroatoms. The SMILES string of the molecule is CCC(C)(COC(C)=O)C(=O)OCCN1CC=C(C)C1=O. The summed E-state index contributed by atoms with van der Waals surface area (Å²) in [7, 11) is 0. The third kappa shape index (κ3) is 4.58. The van der Waals surface area contributed by atoms with Crippen LogP contribution in [-0.2, 0) is 23.9 Å². The van der Waals surface area contributed by atoms with E-state index in [2.05, 4.69) is 0 Å². The molecule has 1 unspecified atom stereocenters. The standard InChI is InChI=1S/C15H23NO5/c1-5-15(4,10-21-12(3)17)14(19)20-9-8-16-7-6-11(2)13(16)18/h6H,5,7-10H2,1-4H3. The fourth-order valence-electron chi connectivity index (χ4n) is 1.85. The molecule has 1 atom stereocenters. The summed E-state index contributed by atoms with van der Waals surface area (Å²) < 4.78 is 10.1. The number of esters is 2. The Morgan fingerprint density at radius 2 is 2.05 bits per heavy atom. The molecule has 1 amide bonds. The summed E-state index contributed by atoms with van der Waals surface area (Å²) >= 11 is 0. The summed E-state index contributed by atoms with van der Waals surface area (Å²) in [5.74, 6) is -0.863. The molecule has 0 aromatic rings. The normalized spacial score (nSPS) is 17.2. The van der Waals surface area contributed by atoms with Crippen LogP contribution in [0.25, 0.3) is 0 Å². The number of carbonyl (C=O) groups excluding carboxylic acids is 3. The lowest BCUT2D eigenvalue weighted by molar-refractivity contribution is -0.163. The van der Waals surface area contributed by atoms with Crippen LogP contribution >= 0.6 is 0 Å². The summed E-state index contributed by atoms with van der Waals surface area (Å²) in [4.78, 5) is 36.3. The Hall–Kier alpha value is -1.85. The quantitative estimate of drug-likeness (QED) is 0.662. The molecule has 118 valence electrons. The average molecular weight is 297 g/mol. The molecule has 0 saturated carbocycles. The van der Waals surface area contributed by atoms with Crippen LogP contribution in [0.15, 0.2) is 11.6 Å². The van der Waals surface area contributed by atoms with Gasteiger partial charge in [-0.15, -0.1) is 0 Å². The Morgan fingerprint density at radius 1 is 1.38 bits per heavy atom. The molecule has 0 spiro atoms. The predicted molar refractivity (Wildman–Crippen MR) is 76.3 cm³/mol. The van der Waals surface area contributed by atoms with E-state index in [1.807, 2.05) is 13.0 Å². The Labute approximate surface area is 125 Å². The van der Waals surface area contributed by atoms with Gasteiger partial charge in [-0.25, -0.2) is 0 Å².